The Morgan fingerprint density at radius 3 is 2.96 bits per heavy atom. The Kier molecular flexibility index (Phi) is 5.27. The third kappa shape index (κ3) is 4.12. The van der Waals surface area contributed by atoms with E-state index in [1.165, 1.54) is 6.07 Å². The van der Waals surface area contributed by atoms with Crippen LogP contribution in [-0.4, -0.2) is 28.7 Å². The third-order valence-electron chi connectivity index (χ3n) is 4.27. The van der Waals surface area contributed by atoms with Gasteiger partial charge in [0.1, 0.15) is 5.82 Å². The molecule has 1 N–H and O–H groups in total. The molecule has 2 heterocycles. The monoisotopic (exact) mass is 364 g/mol. The lowest BCUT2D eigenvalue weighted by Crippen LogP contribution is -2.32. The Hall–Kier alpha value is -2.08. The molecule has 5 nitrogen and oxygen atoms in total. The number of aromatic nitrogens is 2. The molecule has 1 aromatic heterocycles. The first-order valence-electron chi connectivity index (χ1n) is 8.46. The minimum atomic E-state index is -0.418. The van der Waals surface area contributed by atoms with E-state index in [2.05, 4.69) is 29.0 Å². The first-order valence-corrected chi connectivity index (χ1v) is 8.84. The maximum atomic E-state index is 13.3. The zero-order valence-electron chi connectivity index (χ0n) is 14.4. The number of rotatable bonds is 5. The van der Waals surface area contributed by atoms with Crippen LogP contribution in [0.1, 0.15) is 20.3 Å². The fourth-order valence-electron chi connectivity index (χ4n) is 3.07. The topological polar surface area (TPSA) is 50.2 Å². The van der Waals surface area contributed by atoms with Crippen LogP contribution in [0.4, 0.5) is 15.9 Å². The van der Waals surface area contributed by atoms with Crippen molar-refractivity contribution in [3.8, 4) is 0 Å². The fraction of sp³-hybridized carbons (Fsp3) is 0.444. The lowest BCUT2D eigenvalue weighted by molar-refractivity contribution is 0.509. The van der Waals surface area contributed by atoms with E-state index in [4.69, 9.17) is 11.6 Å². The SMILES string of the molecule is CC(C)Cn1ccnc(NC2CCN(c3ccc(F)c(Cl)c3)C2)c1=O. The number of nitrogens with zero attached hydrogens (tertiary/aromatic N) is 3. The van der Waals surface area contributed by atoms with Crippen LogP contribution in [0.5, 0.6) is 0 Å². The average Bonchev–Trinajstić information content (AvgIpc) is 3.02. The van der Waals surface area contributed by atoms with Gasteiger partial charge in [0.25, 0.3) is 5.56 Å². The molecule has 1 aliphatic heterocycles. The van der Waals surface area contributed by atoms with Gasteiger partial charge in [-0.05, 0) is 30.5 Å². The number of halogens is 2. The van der Waals surface area contributed by atoms with E-state index >= 15 is 0 Å². The van der Waals surface area contributed by atoms with Crippen molar-refractivity contribution in [3.63, 3.8) is 0 Å². The van der Waals surface area contributed by atoms with Crippen LogP contribution in [0, 0.1) is 11.7 Å². The molecule has 0 bridgehead atoms. The van der Waals surface area contributed by atoms with Gasteiger partial charge in [-0.2, -0.15) is 0 Å². The molecule has 7 heteroatoms. The normalized spacial score (nSPS) is 17.3. The number of benzene rings is 1. The van der Waals surface area contributed by atoms with Gasteiger partial charge < -0.3 is 14.8 Å². The van der Waals surface area contributed by atoms with Crippen LogP contribution in [0.3, 0.4) is 0 Å². The summed E-state index contributed by atoms with van der Waals surface area (Å²) < 4.78 is 15.0. The molecule has 0 saturated carbocycles. The molecule has 0 amide bonds. The molecule has 1 atom stereocenters. The molecular weight excluding hydrogens is 343 g/mol. The second-order valence-corrected chi connectivity index (χ2v) is 7.21. The molecule has 3 rings (SSSR count). The van der Waals surface area contributed by atoms with Gasteiger partial charge in [0.15, 0.2) is 5.82 Å². The molecule has 0 spiro atoms. The minimum absolute atomic E-state index is 0.0977. The zero-order chi connectivity index (χ0) is 18.0. The Morgan fingerprint density at radius 1 is 1.44 bits per heavy atom. The summed E-state index contributed by atoms with van der Waals surface area (Å²) in [6, 6.07) is 4.84. The summed E-state index contributed by atoms with van der Waals surface area (Å²) in [5.41, 5.74) is 0.786. The van der Waals surface area contributed by atoms with E-state index in [-0.39, 0.29) is 16.6 Å². The predicted molar refractivity (Wildman–Crippen MR) is 99.0 cm³/mol. The van der Waals surface area contributed by atoms with Gasteiger partial charge in [-0.25, -0.2) is 9.37 Å². The van der Waals surface area contributed by atoms with Crippen LogP contribution in [0.2, 0.25) is 5.02 Å². The van der Waals surface area contributed by atoms with E-state index in [1.807, 2.05) is 0 Å². The van der Waals surface area contributed by atoms with E-state index in [9.17, 15) is 9.18 Å². The third-order valence-corrected chi connectivity index (χ3v) is 4.56. The summed E-state index contributed by atoms with van der Waals surface area (Å²) >= 11 is 5.87. The molecule has 1 aromatic carbocycles. The molecule has 0 radical (unpaired) electrons. The molecule has 25 heavy (non-hydrogen) atoms. The van der Waals surface area contributed by atoms with Crippen molar-refractivity contribution < 1.29 is 4.39 Å². The summed E-state index contributed by atoms with van der Waals surface area (Å²) in [7, 11) is 0. The van der Waals surface area contributed by atoms with Gasteiger partial charge in [0.2, 0.25) is 0 Å². The second kappa shape index (κ2) is 7.44. The van der Waals surface area contributed by atoms with Crippen LogP contribution in [-0.2, 0) is 6.54 Å². The maximum absolute atomic E-state index is 13.3. The largest absolute Gasteiger partial charge is 0.369 e. The van der Waals surface area contributed by atoms with Gasteiger partial charge in [0.05, 0.1) is 5.02 Å². The number of hydrogen-bond donors (Lipinski definition) is 1. The van der Waals surface area contributed by atoms with E-state index in [0.717, 1.165) is 18.7 Å². The zero-order valence-corrected chi connectivity index (χ0v) is 15.1. The van der Waals surface area contributed by atoms with Crippen LogP contribution in [0.15, 0.2) is 35.4 Å². The molecule has 1 saturated heterocycles. The molecule has 0 aliphatic carbocycles. The molecular formula is C18H22ClFN4O. The first-order chi connectivity index (χ1) is 11.9. The Labute approximate surface area is 151 Å². The van der Waals surface area contributed by atoms with Crippen LogP contribution < -0.4 is 15.8 Å². The highest BCUT2D eigenvalue weighted by atomic mass is 35.5. The van der Waals surface area contributed by atoms with E-state index < -0.39 is 5.82 Å². The van der Waals surface area contributed by atoms with Gasteiger partial charge in [-0.15, -0.1) is 0 Å². The average molecular weight is 365 g/mol. The predicted octanol–water partition coefficient (Wildman–Crippen LogP) is 3.38. The van der Waals surface area contributed by atoms with Crippen molar-refractivity contribution in [2.75, 3.05) is 23.3 Å². The minimum Gasteiger partial charge on any atom is -0.369 e. The van der Waals surface area contributed by atoms with Gasteiger partial charge in [-0.3, -0.25) is 4.79 Å². The van der Waals surface area contributed by atoms with Crippen molar-refractivity contribution >= 4 is 23.1 Å². The standard InChI is InChI=1S/C18H22ClFN4O/c1-12(2)10-24-8-6-21-17(18(24)25)22-13-5-7-23(11-13)14-3-4-16(20)15(19)9-14/h3-4,6,8-9,12-13H,5,7,10-11H2,1-2H3,(H,21,22). The molecule has 134 valence electrons. The van der Waals surface area contributed by atoms with Crippen LogP contribution in [0.25, 0.3) is 0 Å². The van der Waals surface area contributed by atoms with Gasteiger partial charge >= 0.3 is 0 Å². The molecule has 1 unspecified atom stereocenters. The van der Waals surface area contributed by atoms with Crippen molar-refractivity contribution in [3.05, 3.63) is 51.8 Å². The molecule has 1 fully saturated rings. The van der Waals surface area contributed by atoms with Crippen molar-refractivity contribution in [2.45, 2.75) is 32.9 Å². The number of anilines is 2. The van der Waals surface area contributed by atoms with Crippen LogP contribution >= 0.6 is 11.6 Å². The fourth-order valence-corrected chi connectivity index (χ4v) is 3.25. The number of nitrogens with one attached hydrogen (secondary N) is 1. The highest BCUT2D eigenvalue weighted by Crippen LogP contribution is 2.26. The van der Waals surface area contributed by atoms with Crippen molar-refractivity contribution in [1.29, 1.82) is 0 Å². The lowest BCUT2D eigenvalue weighted by Gasteiger charge is -2.19. The Bertz CT molecular complexity index is 808. The van der Waals surface area contributed by atoms with Crippen molar-refractivity contribution in [1.82, 2.24) is 9.55 Å². The highest BCUT2D eigenvalue weighted by Gasteiger charge is 2.24. The summed E-state index contributed by atoms with van der Waals surface area (Å²) in [5.74, 6) is 0.351. The van der Waals surface area contributed by atoms with Gasteiger partial charge in [0, 0.05) is 43.8 Å². The summed E-state index contributed by atoms with van der Waals surface area (Å²) in [6.45, 7) is 6.33. The van der Waals surface area contributed by atoms with Gasteiger partial charge in [-0.1, -0.05) is 25.4 Å². The lowest BCUT2D eigenvalue weighted by atomic mass is 10.2. The Balaban J connectivity index is 1.69. The quantitative estimate of drug-likeness (QED) is 0.883. The molecule has 1 aliphatic rings. The second-order valence-electron chi connectivity index (χ2n) is 6.80. The number of hydrogen-bond acceptors (Lipinski definition) is 4. The Morgan fingerprint density at radius 2 is 2.24 bits per heavy atom. The summed E-state index contributed by atoms with van der Waals surface area (Å²) in [6.07, 6.45) is 4.24. The first kappa shape index (κ1) is 17.7. The van der Waals surface area contributed by atoms with Crippen molar-refractivity contribution in [2.24, 2.45) is 5.92 Å². The smallest absolute Gasteiger partial charge is 0.293 e. The summed E-state index contributed by atoms with van der Waals surface area (Å²) in [5, 5.41) is 3.38. The van der Waals surface area contributed by atoms with E-state index in [1.54, 1.807) is 29.1 Å². The highest BCUT2D eigenvalue weighted by molar-refractivity contribution is 6.31. The maximum Gasteiger partial charge on any atom is 0.293 e. The summed E-state index contributed by atoms with van der Waals surface area (Å²) in [4.78, 5) is 18.8. The van der Waals surface area contributed by atoms with E-state index in [0.29, 0.717) is 24.8 Å². The molecule has 2 aromatic rings.